The van der Waals surface area contributed by atoms with Gasteiger partial charge in [-0.15, -0.1) is 0 Å². The maximum absolute atomic E-state index is 13.1. The molecule has 0 aromatic carbocycles. The number of aliphatic hydroxyl groups is 7. The van der Waals surface area contributed by atoms with E-state index in [9.17, 15) is 35.4 Å². The zero-order valence-corrected chi connectivity index (χ0v) is 24.1. The zero-order valence-electron chi connectivity index (χ0n) is 24.1. The standard InChI is InChI=1S/C26H50N6O11/c27-10-4-26(40,5-10)25(39)32-14-1-12(29)20(21(38)23(14)43-24-17(37)3-16(36)19(9-34)42-24)22-13(30)2-15(35)18(41-22)7-31-6-11(28)8-33/h10-24,31,33-38,40H,1-9,27-30H2,(H,32,39)/t10?,11?,12-,13+,14+,15-,16-,17+,18+,19+,20?,21-,22-,23-,24+,26?/m0/s1. The Morgan fingerprint density at radius 1 is 0.953 bits per heavy atom. The average molecular weight is 623 g/mol. The normalized spacial score (nSPS) is 47.9. The van der Waals surface area contributed by atoms with Crippen LogP contribution in [0.4, 0.5) is 0 Å². The largest absolute Gasteiger partial charge is 0.395 e. The molecule has 0 aromatic rings. The van der Waals surface area contributed by atoms with Crippen molar-refractivity contribution in [3.8, 4) is 0 Å². The third kappa shape index (κ3) is 7.82. The van der Waals surface area contributed by atoms with E-state index in [4.69, 9.17) is 42.3 Å². The van der Waals surface area contributed by atoms with Crippen molar-refractivity contribution in [2.75, 3.05) is 26.3 Å². The molecule has 14 atom stereocenters. The Morgan fingerprint density at radius 3 is 2.26 bits per heavy atom. The first-order valence-corrected chi connectivity index (χ1v) is 14.9. The number of ether oxygens (including phenoxy) is 3. The van der Waals surface area contributed by atoms with Gasteiger partial charge in [-0.25, -0.2) is 0 Å². The van der Waals surface area contributed by atoms with Crippen LogP contribution < -0.4 is 33.6 Å². The number of carbonyl (C=O) groups excluding carboxylic acids is 1. The Bertz CT molecular complexity index is 919. The van der Waals surface area contributed by atoms with Gasteiger partial charge in [0.2, 0.25) is 0 Å². The summed E-state index contributed by atoms with van der Waals surface area (Å²) in [6.07, 6.45) is -9.99. The lowest BCUT2D eigenvalue weighted by Crippen LogP contribution is -2.70. The number of hydrogen-bond acceptors (Lipinski definition) is 16. The highest BCUT2D eigenvalue weighted by Gasteiger charge is 2.55. The fourth-order valence-corrected chi connectivity index (χ4v) is 6.65. The van der Waals surface area contributed by atoms with Crippen LogP contribution in [0.15, 0.2) is 0 Å². The second-order valence-corrected chi connectivity index (χ2v) is 12.7. The van der Waals surface area contributed by atoms with Gasteiger partial charge in [-0.1, -0.05) is 0 Å². The molecular weight excluding hydrogens is 572 g/mol. The van der Waals surface area contributed by atoms with Crippen molar-refractivity contribution in [2.24, 2.45) is 28.9 Å². The molecule has 2 heterocycles. The van der Waals surface area contributed by atoms with Crippen LogP contribution in [0.3, 0.4) is 0 Å². The summed E-state index contributed by atoms with van der Waals surface area (Å²) in [5, 5.41) is 78.4. The summed E-state index contributed by atoms with van der Waals surface area (Å²) in [7, 11) is 0. The Hall–Kier alpha value is -1.13. The molecule has 4 rings (SSSR count). The fourth-order valence-electron chi connectivity index (χ4n) is 6.65. The van der Waals surface area contributed by atoms with E-state index in [-0.39, 0.29) is 57.8 Å². The van der Waals surface area contributed by atoms with Crippen LogP contribution in [-0.2, 0) is 19.0 Å². The third-order valence-corrected chi connectivity index (χ3v) is 9.16. The van der Waals surface area contributed by atoms with Crippen LogP contribution in [0.2, 0.25) is 0 Å². The summed E-state index contributed by atoms with van der Waals surface area (Å²) < 4.78 is 17.9. The summed E-state index contributed by atoms with van der Waals surface area (Å²) in [5.41, 5.74) is 22.8. The number of amides is 1. The molecule has 4 aliphatic rings. The second kappa shape index (κ2) is 14.5. The minimum atomic E-state index is -1.69. The van der Waals surface area contributed by atoms with Gasteiger partial charge in [0.15, 0.2) is 6.29 Å². The van der Waals surface area contributed by atoms with E-state index in [0.29, 0.717) is 0 Å². The molecule has 1 amide bonds. The van der Waals surface area contributed by atoms with Crippen molar-refractivity contribution in [3.63, 3.8) is 0 Å². The van der Waals surface area contributed by atoms with E-state index in [1.165, 1.54) is 0 Å². The summed E-state index contributed by atoms with van der Waals surface area (Å²) in [6.45, 7) is -0.318. The van der Waals surface area contributed by atoms with Gasteiger partial charge in [-0.05, 0) is 12.8 Å². The van der Waals surface area contributed by atoms with Crippen molar-refractivity contribution >= 4 is 5.91 Å². The zero-order chi connectivity index (χ0) is 31.6. The SMILES string of the molecule is NC(CO)CNC[C@H]1O[C@H](C2[C@@H](N)C[C@@H](NC(=O)C3(O)CC(N)C3)[C@H](O[C@H]3O[C@H](CO)[C@@H](O)C[C@H]3O)[C@H]2O)[C@H](N)C[C@@H]1O. The first kappa shape index (κ1) is 34.7. The lowest BCUT2D eigenvalue weighted by Gasteiger charge is -2.51. The maximum atomic E-state index is 13.1. The van der Waals surface area contributed by atoms with Gasteiger partial charge in [-0.2, -0.15) is 0 Å². The Labute approximate surface area is 249 Å². The van der Waals surface area contributed by atoms with Gasteiger partial charge in [0.25, 0.3) is 5.91 Å². The van der Waals surface area contributed by atoms with Crippen LogP contribution in [-0.4, -0.2) is 159 Å². The minimum absolute atomic E-state index is 0.0541. The highest BCUT2D eigenvalue weighted by atomic mass is 16.7. The van der Waals surface area contributed by atoms with Gasteiger partial charge < -0.3 is 83.5 Å². The monoisotopic (exact) mass is 622 g/mol. The number of hydrogen-bond donors (Lipinski definition) is 13. The highest BCUT2D eigenvalue weighted by molar-refractivity contribution is 5.86. The first-order chi connectivity index (χ1) is 20.3. The Kier molecular flexibility index (Phi) is 11.7. The van der Waals surface area contributed by atoms with E-state index >= 15 is 0 Å². The molecule has 0 aromatic heterocycles. The van der Waals surface area contributed by atoms with Gasteiger partial charge in [0.1, 0.15) is 23.9 Å². The molecule has 17 heteroatoms. The van der Waals surface area contributed by atoms with Crippen molar-refractivity contribution in [3.05, 3.63) is 0 Å². The molecule has 17 nitrogen and oxygen atoms in total. The molecule has 2 saturated carbocycles. The molecule has 250 valence electrons. The Morgan fingerprint density at radius 2 is 1.63 bits per heavy atom. The molecule has 0 spiro atoms. The van der Waals surface area contributed by atoms with Gasteiger partial charge in [0, 0.05) is 62.4 Å². The minimum Gasteiger partial charge on any atom is -0.395 e. The number of nitrogens with one attached hydrogen (secondary N) is 2. The third-order valence-electron chi connectivity index (χ3n) is 9.16. The molecule has 2 aliphatic carbocycles. The molecule has 4 fully saturated rings. The molecule has 2 aliphatic heterocycles. The number of carbonyl (C=O) groups is 1. The van der Waals surface area contributed by atoms with Crippen molar-refractivity contribution < 1.29 is 54.8 Å². The van der Waals surface area contributed by atoms with E-state index in [1.54, 1.807) is 0 Å². The smallest absolute Gasteiger partial charge is 0.252 e. The van der Waals surface area contributed by atoms with Gasteiger partial charge in [-0.3, -0.25) is 4.79 Å². The predicted molar refractivity (Wildman–Crippen MR) is 149 cm³/mol. The van der Waals surface area contributed by atoms with Crippen LogP contribution in [0.5, 0.6) is 0 Å². The number of nitrogens with two attached hydrogens (primary N) is 4. The van der Waals surface area contributed by atoms with Crippen molar-refractivity contribution in [1.29, 1.82) is 0 Å². The molecule has 2 saturated heterocycles. The van der Waals surface area contributed by atoms with Crippen molar-refractivity contribution in [2.45, 2.75) is 123 Å². The molecular formula is C26H50N6O11. The Balaban J connectivity index is 1.54. The topological polar surface area (TPSA) is 315 Å². The summed E-state index contributed by atoms with van der Waals surface area (Å²) in [5.74, 6) is -1.57. The lowest BCUT2D eigenvalue weighted by atomic mass is 9.71. The summed E-state index contributed by atoms with van der Waals surface area (Å²) in [4.78, 5) is 13.1. The van der Waals surface area contributed by atoms with Crippen LogP contribution in [0.25, 0.3) is 0 Å². The molecule has 43 heavy (non-hydrogen) atoms. The molecule has 2 unspecified atom stereocenters. The molecule has 0 bridgehead atoms. The summed E-state index contributed by atoms with van der Waals surface area (Å²) >= 11 is 0. The second-order valence-electron chi connectivity index (χ2n) is 12.7. The van der Waals surface area contributed by atoms with Crippen LogP contribution >= 0.6 is 0 Å². The van der Waals surface area contributed by atoms with Gasteiger partial charge >= 0.3 is 0 Å². The van der Waals surface area contributed by atoms with Crippen molar-refractivity contribution in [1.82, 2.24) is 10.6 Å². The van der Waals surface area contributed by atoms with Gasteiger partial charge in [0.05, 0.1) is 49.8 Å². The van der Waals surface area contributed by atoms with E-state index < -0.39 is 103 Å². The van der Waals surface area contributed by atoms with E-state index in [2.05, 4.69) is 10.6 Å². The highest BCUT2D eigenvalue weighted by Crippen LogP contribution is 2.38. The quantitative estimate of drug-likeness (QED) is 0.102. The predicted octanol–water partition coefficient (Wildman–Crippen LogP) is -7.00. The van der Waals surface area contributed by atoms with E-state index in [1.807, 2.05) is 0 Å². The molecule has 17 N–H and O–H groups in total. The number of aliphatic hydroxyl groups excluding tert-OH is 6. The first-order valence-electron chi connectivity index (χ1n) is 14.9. The maximum Gasteiger partial charge on any atom is 0.252 e. The summed E-state index contributed by atoms with van der Waals surface area (Å²) in [6, 6.07) is -3.31. The lowest BCUT2D eigenvalue weighted by molar-refractivity contribution is -0.302. The van der Waals surface area contributed by atoms with E-state index in [0.717, 1.165) is 0 Å². The van der Waals surface area contributed by atoms with Crippen LogP contribution in [0.1, 0.15) is 32.1 Å². The van der Waals surface area contributed by atoms with Crippen LogP contribution in [0, 0.1) is 5.92 Å². The molecule has 0 radical (unpaired) electrons. The number of rotatable bonds is 11. The average Bonchev–Trinajstić information content (AvgIpc) is 2.92. The fraction of sp³-hybridized carbons (Fsp3) is 0.962.